The lowest BCUT2D eigenvalue weighted by Gasteiger charge is -2.09. The molecule has 0 amide bonds. The fourth-order valence-corrected chi connectivity index (χ4v) is 1.47. The molecule has 3 nitrogen and oxygen atoms in total. The average Bonchev–Trinajstić information content (AvgIpc) is 2.26. The second-order valence-electron chi connectivity index (χ2n) is 3.18. The van der Waals surface area contributed by atoms with Crippen molar-refractivity contribution in [3.8, 4) is 0 Å². The molecular weight excluding hydrogens is 257 g/mol. The minimum atomic E-state index is -4.77. The van der Waals surface area contributed by atoms with Gasteiger partial charge in [0, 0.05) is 0 Å². The van der Waals surface area contributed by atoms with E-state index in [2.05, 4.69) is 9.97 Å². The fraction of sp³-hybridized carbons (Fsp3) is 0.100. The van der Waals surface area contributed by atoms with Gasteiger partial charge in [-0.15, -0.1) is 0 Å². The molecule has 0 saturated heterocycles. The van der Waals surface area contributed by atoms with E-state index in [0.29, 0.717) is 0 Å². The van der Waals surface area contributed by atoms with Gasteiger partial charge in [0.2, 0.25) is 0 Å². The van der Waals surface area contributed by atoms with E-state index in [0.717, 1.165) is 0 Å². The number of halogens is 4. The van der Waals surface area contributed by atoms with Crippen molar-refractivity contribution < 1.29 is 18.0 Å². The van der Waals surface area contributed by atoms with Gasteiger partial charge < -0.3 is 0 Å². The molecule has 88 valence electrons. The maximum atomic E-state index is 12.6. The van der Waals surface area contributed by atoms with Gasteiger partial charge in [-0.1, -0.05) is 12.1 Å². The molecular formula is C10H4ClF3N2O. The zero-order valence-corrected chi connectivity index (χ0v) is 8.88. The van der Waals surface area contributed by atoms with Gasteiger partial charge >= 0.3 is 6.18 Å². The standard InChI is InChI=1S/C10H4ClF3N2O/c11-9(17)7-8(10(12,13)14)16-6-4-2-1-3-5(6)15-7/h1-4H. The van der Waals surface area contributed by atoms with Gasteiger partial charge in [-0.25, -0.2) is 9.97 Å². The number of para-hydroxylation sites is 2. The predicted molar refractivity (Wildman–Crippen MR) is 54.7 cm³/mol. The largest absolute Gasteiger partial charge is 0.435 e. The van der Waals surface area contributed by atoms with Crippen molar-refractivity contribution in [2.45, 2.75) is 6.18 Å². The van der Waals surface area contributed by atoms with Crippen molar-refractivity contribution in [2.24, 2.45) is 0 Å². The van der Waals surface area contributed by atoms with Crippen LogP contribution in [-0.4, -0.2) is 15.2 Å². The van der Waals surface area contributed by atoms with E-state index in [-0.39, 0.29) is 11.0 Å². The maximum absolute atomic E-state index is 12.6. The Kier molecular flexibility index (Phi) is 2.74. The lowest BCUT2D eigenvalue weighted by Crippen LogP contribution is -2.15. The Labute approximate surface area is 98.2 Å². The number of carbonyl (C=O) groups is 1. The van der Waals surface area contributed by atoms with Crippen molar-refractivity contribution in [1.29, 1.82) is 0 Å². The van der Waals surface area contributed by atoms with Crippen molar-refractivity contribution >= 4 is 27.9 Å². The van der Waals surface area contributed by atoms with Crippen molar-refractivity contribution in [3.63, 3.8) is 0 Å². The highest BCUT2D eigenvalue weighted by atomic mass is 35.5. The minimum absolute atomic E-state index is 0.0569. The van der Waals surface area contributed by atoms with Crippen LogP contribution in [0.25, 0.3) is 11.0 Å². The van der Waals surface area contributed by atoms with E-state index in [9.17, 15) is 18.0 Å². The van der Waals surface area contributed by atoms with Crippen molar-refractivity contribution in [2.75, 3.05) is 0 Å². The average molecular weight is 261 g/mol. The van der Waals surface area contributed by atoms with Crippen LogP contribution in [0.2, 0.25) is 0 Å². The van der Waals surface area contributed by atoms with Crippen molar-refractivity contribution in [3.05, 3.63) is 35.7 Å². The summed E-state index contributed by atoms with van der Waals surface area (Å²) in [6, 6.07) is 5.93. The van der Waals surface area contributed by atoms with Crippen LogP contribution >= 0.6 is 11.6 Å². The Bertz CT molecular complexity index is 598. The van der Waals surface area contributed by atoms with E-state index in [4.69, 9.17) is 11.6 Å². The first kappa shape index (κ1) is 11.8. The highest BCUT2D eigenvalue weighted by Gasteiger charge is 2.38. The molecule has 17 heavy (non-hydrogen) atoms. The van der Waals surface area contributed by atoms with Gasteiger partial charge in [0.05, 0.1) is 11.0 Å². The van der Waals surface area contributed by atoms with Gasteiger partial charge in [0.1, 0.15) is 0 Å². The first-order valence-electron chi connectivity index (χ1n) is 4.43. The van der Waals surface area contributed by atoms with E-state index in [1.165, 1.54) is 18.2 Å². The molecule has 0 unspecified atom stereocenters. The summed E-state index contributed by atoms with van der Waals surface area (Å²) in [5, 5.41) is -1.28. The van der Waals surface area contributed by atoms with Crippen LogP contribution in [0.5, 0.6) is 0 Å². The molecule has 0 saturated carbocycles. The molecule has 1 aromatic carbocycles. The molecule has 0 aliphatic rings. The van der Waals surface area contributed by atoms with Crippen LogP contribution in [-0.2, 0) is 6.18 Å². The molecule has 0 radical (unpaired) electrons. The molecule has 0 aliphatic heterocycles. The first-order chi connectivity index (χ1) is 7.89. The molecule has 1 heterocycles. The Hall–Kier alpha value is -1.69. The Morgan fingerprint density at radius 3 is 2.12 bits per heavy atom. The van der Waals surface area contributed by atoms with Gasteiger partial charge in [-0.3, -0.25) is 4.79 Å². The molecule has 7 heteroatoms. The highest BCUT2D eigenvalue weighted by Crippen LogP contribution is 2.31. The third-order valence-corrected chi connectivity index (χ3v) is 2.20. The second kappa shape index (κ2) is 3.96. The van der Waals surface area contributed by atoms with E-state index >= 15 is 0 Å². The SMILES string of the molecule is O=C(Cl)c1nc2ccccc2nc1C(F)(F)F. The van der Waals surface area contributed by atoms with Crippen LogP contribution in [0, 0.1) is 0 Å². The number of alkyl halides is 3. The quantitative estimate of drug-likeness (QED) is 0.740. The lowest BCUT2D eigenvalue weighted by atomic mass is 10.2. The number of carbonyl (C=O) groups excluding carboxylic acids is 1. The normalized spacial score (nSPS) is 11.8. The first-order valence-corrected chi connectivity index (χ1v) is 4.81. The number of hydrogen-bond acceptors (Lipinski definition) is 3. The van der Waals surface area contributed by atoms with Crippen LogP contribution in [0.4, 0.5) is 13.2 Å². The Morgan fingerprint density at radius 2 is 1.65 bits per heavy atom. The Morgan fingerprint density at radius 1 is 1.12 bits per heavy atom. The number of hydrogen-bond donors (Lipinski definition) is 0. The summed E-state index contributed by atoms with van der Waals surface area (Å²) in [6.45, 7) is 0. The lowest BCUT2D eigenvalue weighted by molar-refractivity contribution is -0.141. The summed E-state index contributed by atoms with van der Waals surface area (Å²) >= 11 is 5.07. The molecule has 0 spiro atoms. The van der Waals surface area contributed by atoms with Crippen LogP contribution in [0.15, 0.2) is 24.3 Å². The number of nitrogens with zero attached hydrogens (tertiary/aromatic N) is 2. The van der Waals surface area contributed by atoms with Gasteiger partial charge in [-0.2, -0.15) is 13.2 Å². The van der Waals surface area contributed by atoms with Crippen molar-refractivity contribution in [1.82, 2.24) is 9.97 Å². The second-order valence-corrected chi connectivity index (χ2v) is 3.52. The Balaban J connectivity index is 2.80. The topological polar surface area (TPSA) is 42.9 Å². The van der Waals surface area contributed by atoms with Crippen LogP contribution in [0.3, 0.4) is 0 Å². The smallest absolute Gasteiger partial charge is 0.274 e. The maximum Gasteiger partial charge on any atom is 0.435 e. The third kappa shape index (κ3) is 2.21. The zero-order valence-electron chi connectivity index (χ0n) is 8.12. The number of fused-ring (bicyclic) bond motifs is 1. The summed E-state index contributed by atoms with van der Waals surface area (Å²) in [4.78, 5) is 17.9. The van der Waals surface area contributed by atoms with E-state index < -0.39 is 22.8 Å². The summed E-state index contributed by atoms with van der Waals surface area (Å²) < 4.78 is 37.9. The number of rotatable bonds is 1. The van der Waals surface area contributed by atoms with Crippen LogP contribution < -0.4 is 0 Å². The monoisotopic (exact) mass is 260 g/mol. The summed E-state index contributed by atoms with van der Waals surface area (Å²) in [5.41, 5.74) is -2.00. The van der Waals surface area contributed by atoms with E-state index in [1.54, 1.807) is 6.07 Å². The number of benzene rings is 1. The third-order valence-electron chi connectivity index (χ3n) is 2.03. The molecule has 2 rings (SSSR count). The summed E-state index contributed by atoms with van der Waals surface area (Å²) in [7, 11) is 0. The molecule has 0 N–H and O–H groups in total. The predicted octanol–water partition coefficient (Wildman–Crippen LogP) is 3.03. The minimum Gasteiger partial charge on any atom is -0.274 e. The number of aromatic nitrogens is 2. The van der Waals surface area contributed by atoms with Gasteiger partial charge in [0.15, 0.2) is 11.4 Å². The van der Waals surface area contributed by atoms with Crippen LogP contribution in [0.1, 0.15) is 16.2 Å². The summed E-state index contributed by atoms with van der Waals surface area (Å²) in [6.07, 6.45) is -4.77. The summed E-state index contributed by atoms with van der Waals surface area (Å²) in [5.74, 6) is 0. The highest BCUT2D eigenvalue weighted by molar-refractivity contribution is 6.67. The molecule has 1 aromatic heterocycles. The van der Waals surface area contributed by atoms with E-state index in [1.807, 2.05) is 0 Å². The molecule has 2 aromatic rings. The van der Waals surface area contributed by atoms with Gasteiger partial charge in [-0.05, 0) is 23.7 Å². The van der Waals surface area contributed by atoms with Gasteiger partial charge in [0.25, 0.3) is 5.24 Å². The molecule has 0 aliphatic carbocycles. The fourth-order valence-electron chi connectivity index (χ4n) is 1.33. The molecule has 0 atom stereocenters. The zero-order chi connectivity index (χ0) is 12.6. The molecule has 0 bridgehead atoms. The molecule has 0 fully saturated rings.